The van der Waals surface area contributed by atoms with Crippen molar-refractivity contribution in [3.8, 4) is 5.69 Å². The molecule has 5 heteroatoms. The molecule has 4 nitrogen and oxygen atoms in total. The van der Waals surface area contributed by atoms with Crippen LogP contribution in [0.3, 0.4) is 0 Å². The summed E-state index contributed by atoms with van der Waals surface area (Å²) in [5.41, 5.74) is 5.21. The van der Waals surface area contributed by atoms with Gasteiger partial charge in [-0.2, -0.15) is 0 Å². The zero-order chi connectivity index (χ0) is 31.7. The molecule has 0 bridgehead atoms. The quantitative estimate of drug-likeness (QED) is 0.183. The maximum atomic E-state index is 6.99. The lowest BCUT2D eigenvalue weighted by atomic mass is 9.75. The maximum absolute atomic E-state index is 6.99. The van der Waals surface area contributed by atoms with Gasteiger partial charge in [0.1, 0.15) is 5.58 Å². The number of para-hydroxylation sites is 1. The van der Waals surface area contributed by atoms with Crippen LogP contribution in [0.15, 0.2) is 126 Å². The molecule has 0 saturated carbocycles. The first-order valence-corrected chi connectivity index (χ1v) is 16.4. The van der Waals surface area contributed by atoms with Crippen LogP contribution in [0.4, 0.5) is 0 Å². The summed E-state index contributed by atoms with van der Waals surface area (Å²) in [6.07, 6.45) is 0. The summed E-state index contributed by atoms with van der Waals surface area (Å²) in [5, 5.41) is 11.6. The molecule has 0 aliphatic carbocycles. The van der Waals surface area contributed by atoms with Crippen molar-refractivity contribution in [3.63, 3.8) is 0 Å². The molecule has 10 rings (SSSR count). The van der Waals surface area contributed by atoms with Gasteiger partial charge in [-0.25, -0.2) is 0 Å². The van der Waals surface area contributed by atoms with Gasteiger partial charge in [0.15, 0.2) is 5.58 Å². The summed E-state index contributed by atoms with van der Waals surface area (Å²) < 4.78 is 22.6. The predicted octanol–water partition coefficient (Wildman–Crippen LogP) is 10.4. The highest BCUT2D eigenvalue weighted by molar-refractivity contribution is 6.66. The highest BCUT2D eigenvalue weighted by atomic mass is 16.7. The Bertz CT molecular complexity index is 2660. The van der Waals surface area contributed by atoms with Gasteiger partial charge in [0, 0.05) is 26.9 Å². The molecule has 1 saturated heterocycles. The molecule has 47 heavy (non-hydrogen) atoms. The van der Waals surface area contributed by atoms with Crippen molar-refractivity contribution in [1.29, 1.82) is 0 Å². The monoisotopic (exact) mass is 609 g/mol. The summed E-state index contributed by atoms with van der Waals surface area (Å²) in [6, 6.07) is 43.7. The van der Waals surface area contributed by atoms with E-state index >= 15 is 0 Å². The molecule has 0 atom stereocenters. The molecule has 0 unspecified atom stereocenters. The second-order valence-corrected chi connectivity index (χ2v) is 14.0. The minimum absolute atomic E-state index is 0.440. The van der Waals surface area contributed by atoms with E-state index in [1.54, 1.807) is 0 Å². The third-order valence-electron chi connectivity index (χ3n) is 10.8. The van der Waals surface area contributed by atoms with E-state index in [0.717, 1.165) is 54.9 Å². The Morgan fingerprint density at radius 1 is 0.468 bits per heavy atom. The highest BCUT2D eigenvalue weighted by Crippen LogP contribution is 2.43. The predicted molar refractivity (Wildman–Crippen MR) is 196 cm³/mol. The average Bonchev–Trinajstić information content (AvgIpc) is 3.67. The van der Waals surface area contributed by atoms with Gasteiger partial charge in [-0.1, -0.05) is 91.0 Å². The summed E-state index contributed by atoms with van der Waals surface area (Å²) in [7, 11) is -0.485. The lowest BCUT2D eigenvalue weighted by Gasteiger charge is -2.32. The second kappa shape index (κ2) is 9.25. The van der Waals surface area contributed by atoms with Gasteiger partial charge in [0.2, 0.25) is 0 Å². The minimum atomic E-state index is -0.485. The number of benzene rings is 7. The SMILES string of the molecule is CC1(C)OB(c2cc3c4cccc(-n5c6cc7ccccc7cc6c6cc7ccccc7cc65)c4oc3c3ccccc23)OC1(C)C. The second-order valence-electron chi connectivity index (χ2n) is 14.0. The van der Waals surface area contributed by atoms with Crippen molar-refractivity contribution in [2.45, 2.75) is 38.9 Å². The van der Waals surface area contributed by atoms with Gasteiger partial charge in [-0.3, -0.25) is 0 Å². The third kappa shape index (κ3) is 3.73. The molecule has 7 aromatic carbocycles. The number of nitrogens with zero attached hydrogens (tertiary/aromatic N) is 1. The fraction of sp³-hybridized carbons (Fsp3) is 0.143. The molecule has 0 N–H and O–H groups in total. The van der Waals surface area contributed by atoms with Crippen LogP contribution in [0.25, 0.3) is 81.7 Å². The summed E-state index contributed by atoms with van der Waals surface area (Å²) in [4.78, 5) is 0. The van der Waals surface area contributed by atoms with Crippen LogP contribution in [0.1, 0.15) is 27.7 Å². The fourth-order valence-corrected chi connectivity index (χ4v) is 7.62. The molecule has 0 radical (unpaired) electrons. The average molecular weight is 610 g/mol. The normalized spacial score (nSPS) is 16.2. The molecule has 1 aliphatic rings. The Kier molecular flexibility index (Phi) is 5.33. The van der Waals surface area contributed by atoms with E-state index < -0.39 is 18.3 Å². The van der Waals surface area contributed by atoms with Crippen LogP contribution >= 0.6 is 0 Å². The molecular weight excluding hydrogens is 577 g/mol. The number of aromatic nitrogens is 1. The highest BCUT2D eigenvalue weighted by Gasteiger charge is 2.52. The van der Waals surface area contributed by atoms with Gasteiger partial charge >= 0.3 is 7.12 Å². The van der Waals surface area contributed by atoms with E-state index in [2.05, 4.69) is 154 Å². The van der Waals surface area contributed by atoms with Crippen molar-refractivity contribution in [2.75, 3.05) is 0 Å². The van der Waals surface area contributed by atoms with Crippen LogP contribution in [0.5, 0.6) is 0 Å². The molecule has 9 aromatic rings. The Morgan fingerprint density at radius 2 is 0.957 bits per heavy atom. The summed E-state index contributed by atoms with van der Waals surface area (Å²) in [5.74, 6) is 0. The van der Waals surface area contributed by atoms with Crippen LogP contribution in [-0.2, 0) is 9.31 Å². The molecular formula is C42H32BNO3. The van der Waals surface area contributed by atoms with Gasteiger partial charge < -0.3 is 18.3 Å². The van der Waals surface area contributed by atoms with Gasteiger partial charge in [-0.05, 0) is 90.4 Å². The van der Waals surface area contributed by atoms with E-state index in [1.807, 2.05) is 0 Å². The fourth-order valence-electron chi connectivity index (χ4n) is 7.62. The smallest absolute Gasteiger partial charge is 0.453 e. The maximum Gasteiger partial charge on any atom is 0.495 e. The van der Waals surface area contributed by atoms with Crippen molar-refractivity contribution in [3.05, 3.63) is 121 Å². The minimum Gasteiger partial charge on any atom is -0.453 e. The topological polar surface area (TPSA) is 36.5 Å². The van der Waals surface area contributed by atoms with Crippen LogP contribution < -0.4 is 5.46 Å². The van der Waals surface area contributed by atoms with Crippen LogP contribution in [0.2, 0.25) is 0 Å². The van der Waals surface area contributed by atoms with Crippen molar-refractivity contribution < 1.29 is 13.7 Å². The van der Waals surface area contributed by atoms with Crippen LogP contribution in [-0.4, -0.2) is 22.9 Å². The molecule has 2 aromatic heterocycles. The van der Waals surface area contributed by atoms with E-state index in [-0.39, 0.29) is 0 Å². The van der Waals surface area contributed by atoms with Crippen molar-refractivity contribution >= 4 is 88.6 Å². The summed E-state index contributed by atoms with van der Waals surface area (Å²) >= 11 is 0. The zero-order valence-corrected chi connectivity index (χ0v) is 26.8. The molecule has 226 valence electrons. The number of fused-ring (bicyclic) bond motifs is 10. The third-order valence-corrected chi connectivity index (χ3v) is 10.8. The van der Waals surface area contributed by atoms with Crippen molar-refractivity contribution in [2.24, 2.45) is 0 Å². The number of furan rings is 1. The van der Waals surface area contributed by atoms with E-state index in [4.69, 9.17) is 13.7 Å². The molecule has 3 heterocycles. The van der Waals surface area contributed by atoms with E-state index in [1.165, 1.54) is 32.3 Å². The number of rotatable bonds is 2. The van der Waals surface area contributed by atoms with Gasteiger partial charge in [0.05, 0.1) is 27.9 Å². The molecule has 1 aliphatic heterocycles. The zero-order valence-electron chi connectivity index (χ0n) is 26.8. The van der Waals surface area contributed by atoms with Gasteiger partial charge in [0.25, 0.3) is 0 Å². The number of hydrogen-bond donors (Lipinski definition) is 0. The van der Waals surface area contributed by atoms with Crippen molar-refractivity contribution in [1.82, 2.24) is 4.57 Å². The lowest BCUT2D eigenvalue weighted by molar-refractivity contribution is 0.00578. The first-order valence-electron chi connectivity index (χ1n) is 16.4. The largest absolute Gasteiger partial charge is 0.495 e. The summed E-state index contributed by atoms with van der Waals surface area (Å²) in [6.45, 7) is 8.41. The lowest BCUT2D eigenvalue weighted by Crippen LogP contribution is -2.41. The number of hydrogen-bond acceptors (Lipinski definition) is 3. The Hall–Kier alpha value is -5.10. The molecule has 0 amide bonds. The molecule has 1 fully saturated rings. The van der Waals surface area contributed by atoms with E-state index in [0.29, 0.717) is 0 Å². The first kappa shape index (κ1) is 27.1. The standard InChI is InChI=1S/C42H32BNO3/c1-41(2)42(3,4)47-43(46-41)35-24-34-31-18-11-19-36(40(31)45-39(34)30-17-10-9-16-29(30)35)44-37-22-27-14-7-5-12-25(27)20-32(37)33-21-26-13-6-8-15-28(26)23-38(33)44/h5-24H,1-4H3. The van der Waals surface area contributed by atoms with E-state index in [9.17, 15) is 0 Å². The van der Waals surface area contributed by atoms with Crippen LogP contribution in [0, 0.1) is 0 Å². The van der Waals surface area contributed by atoms with Gasteiger partial charge in [-0.15, -0.1) is 0 Å². The molecule has 0 spiro atoms. The Labute approximate surface area is 272 Å². The Morgan fingerprint density at radius 3 is 1.55 bits per heavy atom. The Balaban J connectivity index is 1.31. The first-order chi connectivity index (χ1) is 22.8.